The van der Waals surface area contributed by atoms with Crippen molar-refractivity contribution >= 4 is 28.6 Å². The molecule has 3 aromatic rings. The number of nitrogens with zero attached hydrogens (tertiary/aromatic N) is 3. The highest BCUT2D eigenvalue weighted by atomic mass is 16.5. The molecular formula is C16H16N4O5. The van der Waals surface area contributed by atoms with Crippen molar-refractivity contribution in [3.8, 4) is 11.5 Å². The zero-order chi connectivity index (χ0) is 17.8. The Labute approximate surface area is 142 Å². The van der Waals surface area contributed by atoms with Crippen LogP contribution in [0.15, 0.2) is 29.0 Å². The van der Waals surface area contributed by atoms with E-state index in [0.717, 1.165) is 0 Å². The molecule has 0 amide bonds. The van der Waals surface area contributed by atoms with Gasteiger partial charge in [-0.15, -0.1) is 0 Å². The van der Waals surface area contributed by atoms with Gasteiger partial charge in [-0.1, -0.05) is 5.16 Å². The van der Waals surface area contributed by atoms with Crippen LogP contribution in [0.5, 0.6) is 11.5 Å². The minimum absolute atomic E-state index is 0.0143. The monoisotopic (exact) mass is 344 g/mol. The van der Waals surface area contributed by atoms with Crippen molar-refractivity contribution in [2.24, 2.45) is 0 Å². The number of aromatic nitrogens is 3. The van der Waals surface area contributed by atoms with Crippen LogP contribution in [0.1, 0.15) is 17.4 Å². The lowest BCUT2D eigenvalue weighted by atomic mass is 10.2. The van der Waals surface area contributed by atoms with Gasteiger partial charge in [-0.25, -0.2) is 9.78 Å². The summed E-state index contributed by atoms with van der Waals surface area (Å²) < 4.78 is 20.6. The van der Waals surface area contributed by atoms with Gasteiger partial charge in [0.05, 0.1) is 20.8 Å². The molecule has 1 aromatic carbocycles. The Hall–Kier alpha value is -3.36. The summed E-state index contributed by atoms with van der Waals surface area (Å²) in [6.07, 6.45) is 1.31. The van der Waals surface area contributed by atoms with Crippen molar-refractivity contribution in [2.75, 3.05) is 26.1 Å². The summed E-state index contributed by atoms with van der Waals surface area (Å²) in [6.45, 7) is 1.93. The van der Waals surface area contributed by atoms with Gasteiger partial charge in [0.15, 0.2) is 11.5 Å². The molecule has 0 saturated carbocycles. The number of nitrogens with one attached hydrogen (secondary N) is 1. The van der Waals surface area contributed by atoms with Gasteiger partial charge < -0.3 is 24.1 Å². The average molecular weight is 344 g/mol. The molecule has 9 heteroatoms. The molecular weight excluding hydrogens is 328 g/mol. The molecule has 2 heterocycles. The van der Waals surface area contributed by atoms with E-state index < -0.39 is 5.97 Å². The lowest BCUT2D eigenvalue weighted by molar-refractivity contribution is 0.0517. The fourth-order valence-electron chi connectivity index (χ4n) is 2.27. The molecule has 0 aliphatic heterocycles. The Kier molecular flexibility index (Phi) is 4.64. The number of carbonyl (C=O) groups is 1. The minimum Gasteiger partial charge on any atom is -0.493 e. The predicted octanol–water partition coefficient (Wildman–Crippen LogP) is 2.56. The molecule has 130 valence electrons. The van der Waals surface area contributed by atoms with E-state index in [1.807, 2.05) is 0 Å². The number of rotatable bonds is 6. The number of benzene rings is 1. The minimum atomic E-state index is -0.605. The van der Waals surface area contributed by atoms with E-state index in [4.69, 9.17) is 18.7 Å². The predicted molar refractivity (Wildman–Crippen MR) is 88.4 cm³/mol. The van der Waals surface area contributed by atoms with Gasteiger partial charge in [-0.05, 0) is 19.1 Å². The fourth-order valence-corrected chi connectivity index (χ4v) is 2.27. The second-order valence-electron chi connectivity index (χ2n) is 4.85. The van der Waals surface area contributed by atoms with Crippen LogP contribution in [-0.4, -0.2) is 41.9 Å². The number of hydrogen-bond donors (Lipinski definition) is 1. The van der Waals surface area contributed by atoms with Crippen LogP contribution in [0.2, 0.25) is 0 Å². The molecule has 0 spiro atoms. The molecule has 0 atom stereocenters. The molecule has 0 fully saturated rings. The van der Waals surface area contributed by atoms with Gasteiger partial charge in [0, 0.05) is 11.8 Å². The summed E-state index contributed by atoms with van der Waals surface area (Å²) in [5.74, 6) is 0.903. The van der Waals surface area contributed by atoms with Crippen LogP contribution in [0.25, 0.3) is 11.1 Å². The lowest BCUT2D eigenvalue weighted by Crippen LogP contribution is -2.06. The first-order valence-electron chi connectivity index (χ1n) is 7.44. The molecule has 0 bridgehead atoms. The number of ether oxygens (including phenoxy) is 3. The van der Waals surface area contributed by atoms with E-state index in [0.29, 0.717) is 28.4 Å². The van der Waals surface area contributed by atoms with Crippen LogP contribution < -0.4 is 14.8 Å². The third-order valence-electron chi connectivity index (χ3n) is 3.39. The summed E-state index contributed by atoms with van der Waals surface area (Å²) in [7, 11) is 3.10. The topological polar surface area (TPSA) is 109 Å². The Balaban J connectivity index is 2.01. The van der Waals surface area contributed by atoms with E-state index >= 15 is 0 Å². The number of methoxy groups -OCH3 is 2. The number of fused-ring (bicyclic) bond motifs is 1. The van der Waals surface area contributed by atoms with Gasteiger partial charge in [-0.3, -0.25) is 0 Å². The van der Waals surface area contributed by atoms with E-state index in [2.05, 4.69) is 20.4 Å². The Morgan fingerprint density at radius 1 is 1.20 bits per heavy atom. The fraction of sp³-hybridized carbons (Fsp3) is 0.250. The molecule has 0 saturated heterocycles. The molecule has 0 unspecified atom stereocenters. The summed E-state index contributed by atoms with van der Waals surface area (Å²) in [4.78, 5) is 20.2. The lowest BCUT2D eigenvalue weighted by Gasteiger charge is -2.11. The maximum atomic E-state index is 12.0. The number of hydrogen-bond acceptors (Lipinski definition) is 9. The van der Waals surface area contributed by atoms with E-state index in [9.17, 15) is 4.79 Å². The first kappa shape index (κ1) is 16.5. The van der Waals surface area contributed by atoms with Gasteiger partial charge in [0.1, 0.15) is 17.5 Å². The Morgan fingerprint density at radius 3 is 2.72 bits per heavy atom. The van der Waals surface area contributed by atoms with Crippen LogP contribution in [0.4, 0.5) is 11.5 Å². The second-order valence-corrected chi connectivity index (χ2v) is 4.85. The first-order chi connectivity index (χ1) is 12.2. The Morgan fingerprint density at radius 2 is 2.00 bits per heavy atom. The van der Waals surface area contributed by atoms with Crippen molar-refractivity contribution < 1.29 is 23.5 Å². The van der Waals surface area contributed by atoms with Gasteiger partial charge in [-0.2, -0.15) is 4.98 Å². The van der Waals surface area contributed by atoms with Crippen molar-refractivity contribution in [1.29, 1.82) is 0 Å². The molecule has 9 nitrogen and oxygen atoms in total. The quantitative estimate of drug-likeness (QED) is 0.675. The molecule has 2 aromatic heterocycles. The molecule has 25 heavy (non-hydrogen) atoms. The average Bonchev–Trinajstić information content (AvgIpc) is 3.07. The number of esters is 1. The van der Waals surface area contributed by atoms with Crippen molar-refractivity contribution in [3.05, 3.63) is 30.2 Å². The molecule has 0 aliphatic carbocycles. The molecule has 1 N–H and O–H groups in total. The van der Waals surface area contributed by atoms with Crippen molar-refractivity contribution in [1.82, 2.24) is 15.1 Å². The third kappa shape index (κ3) is 3.16. The molecule has 0 aliphatic rings. The molecule has 3 rings (SSSR count). The SMILES string of the molecule is CCOC(=O)c1noc2ncnc(Nc3ccc(OC)c(OC)c3)c12. The zero-order valence-corrected chi connectivity index (χ0v) is 13.9. The van der Waals surface area contributed by atoms with Crippen LogP contribution in [-0.2, 0) is 4.74 Å². The summed E-state index contributed by atoms with van der Waals surface area (Å²) in [5.41, 5.74) is 0.870. The van der Waals surface area contributed by atoms with Crippen LogP contribution >= 0.6 is 0 Å². The van der Waals surface area contributed by atoms with Crippen LogP contribution in [0, 0.1) is 0 Å². The smallest absolute Gasteiger partial charge is 0.361 e. The zero-order valence-electron chi connectivity index (χ0n) is 13.9. The number of anilines is 2. The summed E-state index contributed by atoms with van der Waals surface area (Å²) in [5, 5.41) is 7.19. The van der Waals surface area contributed by atoms with Gasteiger partial charge in [0.25, 0.3) is 5.71 Å². The van der Waals surface area contributed by atoms with Crippen molar-refractivity contribution in [3.63, 3.8) is 0 Å². The summed E-state index contributed by atoms with van der Waals surface area (Å²) >= 11 is 0. The first-order valence-corrected chi connectivity index (χ1v) is 7.44. The normalized spacial score (nSPS) is 10.5. The highest BCUT2D eigenvalue weighted by molar-refractivity contribution is 6.05. The Bertz CT molecular complexity index is 909. The highest BCUT2D eigenvalue weighted by Gasteiger charge is 2.22. The van der Waals surface area contributed by atoms with Gasteiger partial charge >= 0.3 is 5.97 Å². The standard InChI is InChI=1S/C16H16N4O5/c1-4-24-16(21)13-12-14(17-8-18-15(12)25-20-13)19-9-5-6-10(22-2)11(7-9)23-3/h5-8H,4H2,1-3H3,(H,17,18,19). The van der Waals surface area contributed by atoms with E-state index in [1.165, 1.54) is 6.33 Å². The van der Waals surface area contributed by atoms with Gasteiger partial charge in [0.2, 0.25) is 5.69 Å². The van der Waals surface area contributed by atoms with E-state index in [-0.39, 0.29) is 18.0 Å². The second kappa shape index (κ2) is 7.04. The third-order valence-corrected chi connectivity index (χ3v) is 3.39. The van der Waals surface area contributed by atoms with E-state index in [1.54, 1.807) is 39.3 Å². The van der Waals surface area contributed by atoms with Crippen molar-refractivity contribution in [2.45, 2.75) is 6.92 Å². The summed E-state index contributed by atoms with van der Waals surface area (Å²) in [6, 6.07) is 5.27. The maximum Gasteiger partial charge on any atom is 0.361 e. The largest absolute Gasteiger partial charge is 0.493 e. The molecule has 0 radical (unpaired) electrons. The van der Waals surface area contributed by atoms with Crippen LogP contribution in [0.3, 0.4) is 0 Å². The maximum absolute atomic E-state index is 12.0. The highest BCUT2D eigenvalue weighted by Crippen LogP contribution is 2.32. The number of carbonyl (C=O) groups excluding carboxylic acids is 1.